The third-order valence-corrected chi connectivity index (χ3v) is 1.85. The van der Waals surface area contributed by atoms with Gasteiger partial charge in [-0.2, -0.15) is 5.26 Å². The molecule has 0 aromatic carbocycles. The number of hydrogen-bond acceptors (Lipinski definition) is 4. The molecule has 0 bridgehead atoms. The number of carbonyl (C=O) groups excluding carboxylic acids is 1. The van der Waals surface area contributed by atoms with Crippen molar-refractivity contribution in [3.05, 3.63) is 18.2 Å². The topological polar surface area (TPSA) is 82.7 Å². The van der Waals surface area contributed by atoms with Gasteiger partial charge in [-0.1, -0.05) is 0 Å². The first kappa shape index (κ1) is 11.2. The number of hydrogen-bond donors (Lipinski definition) is 2. The van der Waals surface area contributed by atoms with Crippen molar-refractivity contribution in [3.63, 3.8) is 0 Å². The predicted octanol–water partition coefficient (Wildman–Crippen LogP) is -0.851. The molecule has 2 N–H and O–H groups in total. The van der Waals surface area contributed by atoms with Gasteiger partial charge in [0.2, 0.25) is 5.91 Å². The fraction of sp³-hybridized carbons (Fsp3) is 0.444. The van der Waals surface area contributed by atoms with Gasteiger partial charge in [-0.05, 0) is 0 Å². The minimum absolute atomic E-state index is 0.0446. The van der Waals surface area contributed by atoms with Gasteiger partial charge >= 0.3 is 0 Å². The van der Waals surface area contributed by atoms with E-state index >= 15 is 0 Å². The lowest BCUT2D eigenvalue weighted by Gasteiger charge is -2.04. The maximum atomic E-state index is 11.1. The van der Waals surface area contributed by atoms with E-state index in [1.807, 2.05) is 23.9 Å². The van der Waals surface area contributed by atoms with Crippen LogP contribution in [0.4, 0.5) is 0 Å². The number of amides is 1. The van der Waals surface area contributed by atoms with E-state index in [0.29, 0.717) is 6.54 Å². The molecule has 6 nitrogen and oxygen atoms in total. The summed E-state index contributed by atoms with van der Waals surface area (Å²) in [5, 5.41) is 13.6. The van der Waals surface area contributed by atoms with Crippen LogP contribution in [0.3, 0.4) is 0 Å². The summed E-state index contributed by atoms with van der Waals surface area (Å²) in [5.41, 5.74) is 0. The number of rotatable bonds is 5. The van der Waals surface area contributed by atoms with Gasteiger partial charge in [0.15, 0.2) is 0 Å². The third kappa shape index (κ3) is 3.79. The molecule has 1 amide bonds. The van der Waals surface area contributed by atoms with Crippen LogP contribution in [0.5, 0.6) is 0 Å². The first-order chi connectivity index (χ1) is 7.24. The summed E-state index contributed by atoms with van der Waals surface area (Å²) in [5.74, 6) is 0.675. The van der Waals surface area contributed by atoms with E-state index in [1.54, 1.807) is 6.20 Å². The number of nitrogens with zero attached hydrogens (tertiary/aromatic N) is 3. The van der Waals surface area contributed by atoms with Crippen molar-refractivity contribution in [2.45, 2.75) is 6.54 Å². The number of imidazole rings is 1. The van der Waals surface area contributed by atoms with Crippen LogP contribution in [0.2, 0.25) is 0 Å². The summed E-state index contributed by atoms with van der Waals surface area (Å²) < 4.78 is 1.88. The highest BCUT2D eigenvalue weighted by Crippen LogP contribution is 1.91. The highest BCUT2D eigenvalue weighted by molar-refractivity contribution is 5.78. The van der Waals surface area contributed by atoms with E-state index < -0.39 is 0 Å². The van der Waals surface area contributed by atoms with Gasteiger partial charge in [0.1, 0.15) is 12.4 Å². The number of carbonyl (C=O) groups is 1. The molecular weight excluding hydrogens is 194 g/mol. The molecule has 1 heterocycles. The molecular formula is C9H13N5O. The van der Waals surface area contributed by atoms with E-state index in [1.165, 1.54) is 0 Å². The van der Waals surface area contributed by atoms with Crippen LogP contribution in [0.15, 0.2) is 12.4 Å². The maximum Gasteiger partial charge on any atom is 0.234 e. The molecule has 0 aliphatic heterocycles. The second-order valence-corrected chi connectivity index (χ2v) is 2.99. The molecule has 1 aromatic rings. The minimum atomic E-state index is -0.189. The summed E-state index contributed by atoms with van der Waals surface area (Å²) in [6.07, 6.45) is 3.54. The molecule has 0 saturated heterocycles. The summed E-state index contributed by atoms with van der Waals surface area (Å²) in [4.78, 5) is 15.2. The molecule has 0 saturated carbocycles. The quantitative estimate of drug-likeness (QED) is 0.616. The maximum absolute atomic E-state index is 11.1. The Morgan fingerprint density at radius 2 is 2.53 bits per heavy atom. The van der Waals surface area contributed by atoms with Crippen LogP contribution < -0.4 is 10.6 Å². The molecule has 80 valence electrons. The highest BCUT2D eigenvalue weighted by atomic mass is 16.1. The zero-order valence-corrected chi connectivity index (χ0v) is 8.53. The van der Waals surface area contributed by atoms with E-state index in [2.05, 4.69) is 15.6 Å². The Morgan fingerprint density at radius 3 is 3.13 bits per heavy atom. The number of nitrogens with one attached hydrogen (secondary N) is 2. The van der Waals surface area contributed by atoms with E-state index in [9.17, 15) is 4.79 Å². The van der Waals surface area contributed by atoms with E-state index in [0.717, 1.165) is 5.82 Å². The van der Waals surface area contributed by atoms with Crippen molar-refractivity contribution in [2.24, 2.45) is 7.05 Å². The molecule has 0 aliphatic carbocycles. The SMILES string of the molecule is Cn1ccnc1CNCC(=O)NCC#N. The van der Waals surface area contributed by atoms with Gasteiger partial charge in [0.05, 0.1) is 19.2 Å². The summed E-state index contributed by atoms with van der Waals surface area (Å²) >= 11 is 0. The molecule has 15 heavy (non-hydrogen) atoms. The zero-order valence-electron chi connectivity index (χ0n) is 8.53. The van der Waals surface area contributed by atoms with Gasteiger partial charge in [-0.15, -0.1) is 0 Å². The van der Waals surface area contributed by atoms with Crippen molar-refractivity contribution in [2.75, 3.05) is 13.1 Å². The lowest BCUT2D eigenvalue weighted by molar-refractivity contribution is -0.120. The van der Waals surface area contributed by atoms with Gasteiger partial charge in [-0.25, -0.2) is 4.98 Å². The monoisotopic (exact) mass is 207 g/mol. The minimum Gasteiger partial charge on any atom is -0.342 e. The predicted molar refractivity (Wildman–Crippen MR) is 53.5 cm³/mol. The largest absolute Gasteiger partial charge is 0.342 e. The summed E-state index contributed by atoms with van der Waals surface area (Å²) in [6, 6.07) is 1.84. The van der Waals surface area contributed by atoms with Crippen LogP contribution in [-0.2, 0) is 18.4 Å². The second-order valence-electron chi connectivity index (χ2n) is 2.99. The average Bonchev–Trinajstić information content (AvgIpc) is 2.61. The molecule has 0 spiro atoms. The van der Waals surface area contributed by atoms with Crippen LogP contribution in [0, 0.1) is 11.3 Å². The van der Waals surface area contributed by atoms with Crippen LogP contribution in [-0.4, -0.2) is 28.5 Å². The zero-order chi connectivity index (χ0) is 11.1. The third-order valence-electron chi connectivity index (χ3n) is 1.85. The lowest BCUT2D eigenvalue weighted by atomic mass is 10.5. The number of nitriles is 1. The van der Waals surface area contributed by atoms with Crippen LogP contribution >= 0.6 is 0 Å². The van der Waals surface area contributed by atoms with Gasteiger partial charge < -0.3 is 15.2 Å². The molecule has 1 rings (SSSR count). The second kappa shape index (κ2) is 5.78. The summed E-state index contributed by atoms with van der Waals surface area (Å²) in [6.45, 7) is 0.765. The Balaban J connectivity index is 2.20. The Kier molecular flexibility index (Phi) is 4.31. The standard InChI is InChI=1S/C9H13N5O/c1-14-5-4-12-8(14)6-11-7-9(15)13-3-2-10/h4-5,11H,3,6-7H2,1H3,(H,13,15). The Bertz CT molecular complexity index is 365. The first-order valence-corrected chi connectivity index (χ1v) is 4.54. The summed E-state index contributed by atoms with van der Waals surface area (Å²) in [7, 11) is 1.89. The number of aryl methyl sites for hydroxylation is 1. The smallest absolute Gasteiger partial charge is 0.234 e. The molecule has 0 fully saturated rings. The Labute approximate surface area is 87.9 Å². The van der Waals surface area contributed by atoms with Gasteiger partial charge in [0.25, 0.3) is 0 Å². The molecule has 0 atom stereocenters. The van der Waals surface area contributed by atoms with Gasteiger partial charge in [0, 0.05) is 19.4 Å². The Hall–Kier alpha value is -1.87. The first-order valence-electron chi connectivity index (χ1n) is 4.54. The van der Waals surface area contributed by atoms with Crippen molar-refractivity contribution in [3.8, 4) is 6.07 Å². The Morgan fingerprint density at radius 1 is 1.73 bits per heavy atom. The molecule has 6 heteroatoms. The highest BCUT2D eigenvalue weighted by Gasteiger charge is 2.01. The fourth-order valence-electron chi connectivity index (χ4n) is 1.06. The number of aromatic nitrogens is 2. The van der Waals surface area contributed by atoms with Crippen molar-refractivity contribution in [1.29, 1.82) is 5.26 Å². The van der Waals surface area contributed by atoms with Crippen LogP contribution in [0.1, 0.15) is 5.82 Å². The normalized spacial score (nSPS) is 9.60. The van der Waals surface area contributed by atoms with E-state index in [4.69, 9.17) is 5.26 Å². The molecule has 1 aromatic heterocycles. The molecule has 0 radical (unpaired) electrons. The van der Waals surface area contributed by atoms with Crippen LogP contribution in [0.25, 0.3) is 0 Å². The molecule has 0 aliphatic rings. The molecule has 0 unspecified atom stereocenters. The fourth-order valence-corrected chi connectivity index (χ4v) is 1.06. The van der Waals surface area contributed by atoms with E-state index in [-0.39, 0.29) is 19.0 Å². The average molecular weight is 207 g/mol. The van der Waals surface area contributed by atoms with Crippen molar-refractivity contribution >= 4 is 5.91 Å². The lowest BCUT2D eigenvalue weighted by Crippen LogP contribution is -2.34. The van der Waals surface area contributed by atoms with Crippen molar-refractivity contribution in [1.82, 2.24) is 20.2 Å². The van der Waals surface area contributed by atoms with Crippen molar-refractivity contribution < 1.29 is 4.79 Å². The van der Waals surface area contributed by atoms with Gasteiger partial charge in [-0.3, -0.25) is 4.79 Å².